The Hall–Kier alpha value is -3.58. The molecule has 0 fully saturated rings. The number of halogens is 1. The monoisotopic (exact) mass is 477 g/mol. The summed E-state index contributed by atoms with van der Waals surface area (Å²) in [7, 11) is 1.67. The summed E-state index contributed by atoms with van der Waals surface area (Å²) in [6, 6.07) is 16.5. The fourth-order valence-electron chi connectivity index (χ4n) is 3.81. The van der Waals surface area contributed by atoms with Crippen LogP contribution in [0.5, 0.6) is 5.75 Å². The smallest absolute Gasteiger partial charge is 0.323 e. The molecule has 0 aliphatic heterocycles. The van der Waals surface area contributed by atoms with Gasteiger partial charge in [0.25, 0.3) is 0 Å². The van der Waals surface area contributed by atoms with E-state index < -0.39 is 0 Å². The number of unbranched alkanes of at least 4 members (excludes halogenated alkanes) is 1. The van der Waals surface area contributed by atoms with Gasteiger partial charge in [-0.3, -0.25) is 0 Å². The molecule has 0 unspecified atom stereocenters. The van der Waals surface area contributed by atoms with Crippen LogP contribution in [0.3, 0.4) is 0 Å². The molecule has 0 saturated heterocycles. The number of benzene rings is 2. The average Bonchev–Trinajstić information content (AvgIpc) is 3.14. The SMILES string of the molecule is CCCCc1nc2cc(NC(=O)Nc3cccc(Cl)c3)c(C)nc2n1Cc1cccc(OC)c1. The van der Waals surface area contributed by atoms with Crippen LogP contribution in [0.2, 0.25) is 5.02 Å². The molecule has 0 radical (unpaired) electrons. The number of pyridine rings is 1. The van der Waals surface area contributed by atoms with Gasteiger partial charge in [-0.05, 0) is 55.3 Å². The molecule has 0 bridgehead atoms. The van der Waals surface area contributed by atoms with Crippen molar-refractivity contribution in [3.05, 3.63) is 76.7 Å². The first-order valence-corrected chi connectivity index (χ1v) is 11.7. The Morgan fingerprint density at radius 1 is 1.09 bits per heavy atom. The second-order valence-corrected chi connectivity index (χ2v) is 8.56. The largest absolute Gasteiger partial charge is 0.497 e. The van der Waals surface area contributed by atoms with E-state index in [-0.39, 0.29) is 6.03 Å². The Bertz CT molecular complexity index is 1320. The van der Waals surface area contributed by atoms with Gasteiger partial charge in [-0.1, -0.05) is 43.1 Å². The first kappa shape index (κ1) is 23.6. The van der Waals surface area contributed by atoms with Gasteiger partial charge in [-0.25, -0.2) is 14.8 Å². The fraction of sp³-hybridized carbons (Fsp3) is 0.269. The number of carbonyl (C=O) groups is 1. The Morgan fingerprint density at radius 2 is 1.91 bits per heavy atom. The zero-order valence-corrected chi connectivity index (χ0v) is 20.3. The lowest BCUT2D eigenvalue weighted by molar-refractivity contribution is 0.262. The number of fused-ring (bicyclic) bond motifs is 1. The number of nitrogens with zero attached hydrogens (tertiary/aromatic N) is 3. The molecule has 8 heteroatoms. The Kier molecular flexibility index (Phi) is 7.33. The second kappa shape index (κ2) is 10.6. The van der Waals surface area contributed by atoms with Crippen LogP contribution in [-0.2, 0) is 13.0 Å². The van der Waals surface area contributed by atoms with Crippen LogP contribution >= 0.6 is 11.6 Å². The molecule has 7 nitrogen and oxygen atoms in total. The number of carbonyl (C=O) groups excluding carboxylic acids is 1. The summed E-state index contributed by atoms with van der Waals surface area (Å²) in [5.41, 5.74) is 4.59. The highest BCUT2D eigenvalue weighted by molar-refractivity contribution is 6.30. The number of anilines is 2. The molecule has 2 amide bonds. The van der Waals surface area contributed by atoms with E-state index in [0.717, 1.165) is 47.6 Å². The standard InChI is InChI=1S/C26H28ClN5O2/c1-4-5-12-24-30-23-15-22(31-26(33)29-20-10-7-9-19(27)14-20)17(2)28-25(23)32(24)16-18-8-6-11-21(13-18)34-3/h6-11,13-15H,4-5,12,16H2,1-3H3,(H2,29,31,33). The van der Waals surface area contributed by atoms with Gasteiger partial charge >= 0.3 is 6.03 Å². The number of ether oxygens (including phenoxy) is 1. The number of aryl methyl sites for hydroxylation is 2. The van der Waals surface area contributed by atoms with Crippen LogP contribution in [0.1, 0.15) is 36.8 Å². The van der Waals surface area contributed by atoms with E-state index >= 15 is 0 Å². The van der Waals surface area contributed by atoms with Crippen molar-refractivity contribution >= 4 is 40.2 Å². The van der Waals surface area contributed by atoms with Crippen LogP contribution in [0.15, 0.2) is 54.6 Å². The lowest BCUT2D eigenvalue weighted by Crippen LogP contribution is -2.20. The minimum absolute atomic E-state index is 0.367. The predicted octanol–water partition coefficient (Wildman–Crippen LogP) is 6.44. The van der Waals surface area contributed by atoms with Crippen molar-refractivity contribution in [2.75, 3.05) is 17.7 Å². The molecule has 2 aromatic heterocycles. The summed E-state index contributed by atoms with van der Waals surface area (Å²) in [6.45, 7) is 4.68. The molecule has 4 aromatic rings. The molecule has 2 aromatic carbocycles. The molecule has 0 spiro atoms. The maximum atomic E-state index is 12.6. The van der Waals surface area contributed by atoms with Crippen molar-refractivity contribution in [1.29, 1.82) is 0 Å². The molecular formula is C26H28ClN5O2. The number of amides is 2. The topological polar surface area (TPSA) is 81.1 Å². The molecule has 34 heavy (non-hydrogen) atoms. The van der Waals surface area contributed by atoms with Crippen molar-refractivity contribution < 1.29 is 9.53 Å². The number of urea groups is 1. The molecule has 0 atom stereocenters. The van der Waals surface area contributed by atoms with Crippen molar-refractivity contribution in [2.24, 2.45) is 0 Å². The number of methoxy groups -OCH3 is 1. The molecule has 4 rings (SSSR count). The van der Waals surface area contributed by atoms with Crippen molar-refractivity contribution in [3.63, 3.8) is 0 Å². The summed E-state index contributed by atoms with van der Waals surface area (Å²) in [5, 5.41) is 6.23. The van der Waals surface area contributed by atoms with E-state index in [9.17, 15) is 4.79 Å². The quantitative estimate of drug-likeness (QED) is 0.306. The lowest BCUT2D eigenvalue weighted by atomic mass is 10.2. The number of nitrogens with one attached hydrogen (secondary N) is 2. The second-order valence-electron chi connectivity index (χ2n) is 8.12. The first-order valence-electron chi connectivity index (χ1n) is 11.3. The highest BCUT2D eigenvalue weighted by Gasteiger charge is 2.16. The molecular weight excluding hydrogens is 450 g/mol. The molecule has 176 valence electrons. The molecule has 0 aliphatic rings. The van der Waals surface area contributed by atoms with Gasteiger partial charge in [0.1, 0.15) is 17.1 Å². The van der Waals surface area contributed by atoms with Gasteiger partial charge in [-0.2, -0.15) is 0 Å². The van der Waals surface area contributed by atoms with Crippen molar-refractivity contribution in [2.45, 2.75) is 39.7 Å². The maximum Gasteiger partial charge on any atom is 0.323 e. The Balaban J connectivity index is 1.63. The average molecular weight is 478 g/mol. The van der Waals surface area contributed by atoms with E-state index in [0.29, 0.717) is 28.6 Å². The molecule has 2 N–H and O–H groups in total. The highest BCUT2D eigenvalue weighted by atomic mass is 35.5. The third-order valence-electron chi connectivity index (χ3n) is 5.55. The normalized spacial score (nSPS) is 10.9. The van der Waals surface area contributed by atoms with Crippen LogP contribution < -0.4 is 15.4 Å². The van der Waals surface area contributed by atoms with Crippen molar-refractivity contribution in [3.8, 4) is 5.75 Å². The van der Waals surface area contributed by atoms with Crippen LogP contribution in [0.25, 0.3) is 11.2 Å². The number of hydrogen-bond donors (Lipinski definition) is 2. The first-order chi connectivity index (χ1) is 16.5. The maximum absolute atomic E-state index is 12.6. The van der Waals surface area contributed by atoms with Gasteiger partial charge in [0.15, 0.2) is 5.65 Å². The molecule has 0 saturated carbocycles. The minimum Gasteiger partial charge on any atom is -0.497 e. The fourth-order valence-corrected chi connectivity index (χ4v) is 4.00. The minimum atomic E-state index is -0.367. The van der Waals surface area contributed by atoms with Crippen molar-refractivity contribution in [1.82, 2.24) is 14.5 Å². The van der Waals surface area contributed by atoms with Crippen LogP contribution in [0.4, 0.5) is 16.2 Å². The van der Waals surface area contributed by atoms with E-state index in [2.05, 4.69) is 28.2 Å². The van der Waals surface area contributed by atoms with E-state index in [1.54, 1.807) is 31.4 Å². The summed E-state index contributed by atoms with van der Waals surface area (Å²) in [4.78, 5) is 22.3. The van der Waals surface area contributed by atoms with Crippen LogP contribution in [-0.4, -0.2) is 27.7 Å². The summed E-state index contributed by atoms with van der Waals surface area (Å²) < 4.78 is 7.54. The summed E-state index contributed by atoms with van der Waals surface area (Å²) >= 11 is 6.01. The zero-order chi connectivity index (χ0) is 24.1. The Morgan fingerprint density at radius 3 is 2.68 bits per heavy atom. The van der Waals surface area contributed by atoms with Gasteiger partial charge < -0.3 is 19.9 Å². The molecule has 0 aliphatic carbocycles. The number of rotatable bonds is 8. The predicted molar refractivity (Wildman–Crippen MR) is 137 cm³/mol. The highest BCUT2D eigenvalue weighted by Crippen LogP contribution is 2.25. The van der Waals surface area contributed by atoms with E-state index in [1.165, 1.54) is 0 Å². The van der Waals surface area contributed by atoms with E-state index in [4.69, 9.17) is 26.3 Å². The van der Waals surface area contributed by atoms with Gasteiger partial charge in [0.2, 0.25) is 0 Å². The summed E-state index contributed by atoms with van der Waals surface area (Å²) in [5.74, 6) is 1.80. The van der Waals surface area contributed by atoms with Gasteiger partial charge in [0, 0.05) is 17.1 Å². The Labute approximate surface area is 204 Å². The number of imidazole rings is 1. The lowest BCUT2D eigenvalue weighted by Gasteiger charge is -2.12. The zero-order valence-electron chi connectivity index (χ0n) is 19.6. The number of aromatic nitrogens is 3. The summed E-state index contributed by atoms with van der Waals surface area (Å²) in [6.07, 6.45) is 2.97. The van der Waals surface area contributed by atoms with Gasteiger partial charge in [-0.15, -0.1) is 0 Å². The van der Waals surface area contributed by atoms with Crippen LogP contribution in [0, 0.1) is 6.92 Å². The van der Waals surface area contributed by atoms with Gasteiger partial charge in [0.05, 0.1) is 25.0 Å². The third-order valence-corrected chi connectivity index (χ3v) is 5.78. The number of hydrogen-bond acceptors (Lipinski definition) is 4. The van der Waals surface area contributed by atoms with E-state index in [1.807, 2.05) is 31.2 Å². The molecule has 2 heterocycles. The third kappa shape index (κ3) is 5.48.